The number of likely N-dealkylation sites (tertiary alicyclic amines) is 1. The monoisotopic (exact) mass is 394 g/mol. The fraction of sp³-hybridized carbons (Fsp3) is 0.438. The van der Waals surface area contributed by atoms with Crippen LogP contribution in [0.25, 0.3) is 0 Å². The van der Waals surface area contributed by atoms with E-state index in [1.54, 1.807) is 22.7 Å². The topological polar surface area (TPSA) is 80.5 Å². The normalized spacial score (nSPS) is 15.9. The Balaban J connectivity index is 1.41. The van der Waals surface area contributed by atoms with Gasteiger partial charge >= 0.3 is 0 Å². The van der Waals surface area contributed by atoms with Gasteiger partial charge in [-0.3, -0.25) is 4.79 Å². The molecule has 8 heteroatoms. The fourth-order valence-corrected chi connectivity index (χ4v) is 2.84. The van der Waals surface area contributed by atoms with Gasteiger partial charge in [0.05, 0.1) is 31.4 Å². The summed E-state index contributed by atoms with van der Waals surface area (Å²) < 4.78 is 8.24. The van der Waals surface area contributed by atoms with Gasteiger partial charge < -0.3 is 14.7 Å². The number of hydrogen-bond acceptors (Lipinski definition) is 5. The van der Waals surface area contributed by atoms with E-state index in [0.29, 0.717) is 31.8 Å². The van der Waals surface area contributed by atoms with Gasteiger partial charge in [-0.15, -0.1) is 5.10 Å². The number of hydrogen-bond donors (Lipinski definition) is 1. The molecule has 1 fully saturated rings. The lowest BCUT2D eigenvalue weighted by atomic mass is 10.1. The molecule has 1 N–H and O–H groups in total. The highest BCUT2D eigenvalue weighted by atomic mass is 79.9. The number of aromatic nitrogens is 3. The number of carbonyl (C=O) groups excluding carboxylic acids is 1. The second-order valence-electron chi connectivity index (χ2n) is 5.81. The van der Waals surface area contributed by atoms with E-state index in [-0.39, 0.29) is 11.9 Å². The summed E-state index contributed by atoms with van der Waals surface area (Å²) in [5, 5.41) is 17.4. The molecule has 1 saturated heterocycles. The van der Waals surface area contributed by atoms with Crippen LogP contribution in [-0.2, 0) is 4.79 Å². The van der Waals surface area contributed by atoms with Gasteiger partial charge in [0.2, 0.25) is 5.91 Å². The lowest BCUT2D eigenvalue weighted by Gasteiger charge is -2.38. The average Bonchev–Trinajstić information content (AvgIpc) is 2.95. The van der Waals surface area contributed by atoms with Crippen molar-refractivity contribution in [3.8, 4) is 5.75 Å². The van der Waals surface area contributed by atoms with E-state index < -0.39 is 6.10 Å². The summed E-state index contributed by atoms with van der Waals surface area (Å²) in [4.78, 5) is 13.9. The Hall–Kier alpha value is -1.93. The zero-order valence-electron chi connectivity index (χ0n) is 13.3. The van der Waals surface area contributed by atoms with Gasteiger partial charge in [-0.2, -0.15) is 0 Å². The molecule has 7 nitrogen and oxygen atoms in total. The first-order valence-corrected chi connectivity index (χ1v) is 8.58. The van der Waals surface area contributed by atoms with Crippen molar-refractivity contribution in [1.82, 2.24) is 19.9 Å². The highest BCUT2D eigenvalue weighted by Crippen LogP contribution is 2.22. The molecule has 1 unspecified atom stereocenters. The molecule has 1 atom stereocenters. The van der Waals surface area contributed by atoms with Crippen molar-refractivity contribution in [3.05, 3.63) is 40.6 Å². The summed E-state index contributed by atoms with van der Waals surface area (Å²) in [6.45, 7) is 3.22. The van der Waals surface area contributed by atoms with Crippen molar-refractivity contribution in [2.75, 3.05) is 19.7 Å². The minimum atomic E-state index is -0.633. The number of benzene rings is 1. The van der Waals surface area contributed by atoms with Crippen molar-refractivity contribution in [3.63, 3.8) is 0 Å². The summed E-state index contributed by atoms with van der Waals surface area (Å²) in [5.74, 6) is 0.809. The van der Waals surface area contributed by atoms with E-state index in [2.05, 4.69) is 26.2 Å². The molecule has 24 heavy (non-hydrogen) atoms. The van der Waals surface area contributed by atoms with E-state index in [9.17, 15) is 9.90 Å². The Morgan fingerprint density at radius 1 is 1.50 bits per heavy atom. The zero-order chi connectivity index (χ0) is 17.1. The molecule has 0 radical (unpaired) electrons. The second kappa shape index (κ2) is 7.31. The van der Waals surface area contributed by atoms with Crippen LogP contribution >= 0.6 is 15.9 Å². The van der Waals surface area contributed by atoms with E-state index in [1.807, 2.05) is 24.3 Å². The van der Waals surface area contributed by atoms with Gasteiger partial charge in [0.15, 0.2) is 0 Å². The van der Waals surface area contributed by atoms with Crippen molar-refractivity contribution < 1.29 is 14.6 Å². The van der Waals surface area contributed by atoms with Crippen LogP contribution in [0.1, 0.15) is 31.2 Å². The Kier molecular flexibility index (Phi) is 5.15. The molecular weight excluding hydrogens is 376 g/mol. The number of amides is 1. The molecule has 0 saturated carbocycles. The first-order chi connectivity index (χ1) is 11.5. The molecule has 0 aliphatic carbocycles. The molecule has 0 bridgehead atoms. The van der Waals surface area contributed by atoms with Crippen molar-refractivity contribution in [2.24, 2.45) is 0 Å². The van der Waals surface area contributed by atoms with Gasteiger partial charge in [0.1, 0.15) is 11.4 Å². The first kappa shape index (κ1) is 16.9. The lowest BCUT2D eigenvalue weighted by Crippen LogP contribution is -2.51. The third-order valence-corrected chi connectivity index (χ3v) is 4.42. The number of nitrogens with zero attached hydrogens (tertiary/aromatic N) is 4. The van der Waals surface area contributed by atoms with Crippen LogP contribution in [0.3, 0.4) is 0 Å². The molecule has 1 aliphatic rings. The summed E-state index contributed by atoms with van der Waals surface area (Å²) in [7, 11) is 0. The molecule has 128 valence electrons. The Labute approximate surface area is 148 Å². The zero-order valence-corrected chi connectivity index (χ0v) is 14.9. The van der Waals surface area contributed by atoms with E-state index in [0.717, 1.165) is 10.2 Å². The standard InChI is InChI=1S/C16H19BrN4O3/c1-11(22)15-10-21(19-18-15)13-8-20(9-13)16(23)5-6-24-14-4-2-3-12(17)7-14/h2-4,7,10-11,13,22H,5-6,8-9H2,1H3. The minimum absolute atomic E-state index is 0.0668. The first-order valence-electron chi connectivity index (χ1n) is 7.79. The molecule has 3 rings (SSSR count). The van der Waals surface area contributed by atoms with Crippen LogP contribution in [0.2, 0.25) is 0 Å². The molecule has 0 spiro atoms. The molecule has 1 aliphatic heterocycles. The maximum Gasteiger partial charge on any atom is 0.226 e. The van der Waals surface area contributed by atoms with Crippen molar-refractivity contribution in [1.29, 1.82) is 0 Å². The predicted octanol–water partition coefficient (Wildman–Crippen LogP) is 1.95. The van der Waals surface area contributed by atoms with Crippen LogP contribution < -0.4 is 4.74 Å². The Morgan fingerprint density at radius 3 is 2.96 bits per heavy atom. The largest absolute Gasteiger partial charge is 0.493 e. The molecule has 2 aromatic rings. The summed E-state index contributed by atoms with van der Waals surface area (Å²) >= 11 is 3.38. The Morgan fingerprint density at radius 2 is 2.29 bits per heavy atom. The van der Waals surface area contributed by atoms with Crippen molar-refractivity contribution >= 4 is 21.8 Å². The van der Waals surface area contributed by atoms with Crippen LogP contribution in [-0.4, -0.2) is 50.6 Å². The number of halogens is 1. The number of carbonyl (C=O) groups is 1. The fourth-order valence-electron chi connectivity index (χ4n) is 2.46. The van der Waals surface area contributed by atoms with E-state index >= 15 is 0 Å². The third-order valence-electron chi connectivity index (χ3n) is 3.93. The van der Waals surface area contributed by atoms with Crippen LogP contribution in [0.4, 0.5) is 0 Å². The third kappa shape index (κ3) is 3.93. The van der Waals surface area contributed by atoms with Gasteiger partial charge in [0.25, 0.3) is 0 Å². The number of ether oxygens (including phenoxy) is 1. The number of rotatable bonds is 6. The maximum absolute atomic E-state index is 12.1. The van der Waals surface area contributed by atoms with Crippen LogP contribution in [0, 0.1) is 0 Å². The molecule has 2 heterocycles. The molecule has 1 aromatic heterocycles. The highest BCUT2D eigenvalue weighted by Gasteiger charge is 2.32. The van der Waals surface area contributed by atoms with Crippen LogP contribution in [0.15, 0.2) is 34.9 Å². The average molecular weight is 395 g/mol. The van der Waals surface area contributed by atoms with Crippen LogP contribution in [0.5, 0.6) is 5.75 Å². The quantitative estimate of drug-likeness (QED) is 0.809. The summed E-state index contributed by atoms with van der Waals surface area (Å²) in [5.41, 5.74) is 0.544. The smallest absolute Gasteiger partial charge is 0.226 e. The summed E-state index contributed by atoms with van der Waals surface area (Å²) in [6, 6.07) is 7.67. The molecular formula is C16H19BrN4O3. The van der Waals surface area contributed by atoms with Gasteiger partial charge in [-0.25, -0.2) is 4.68 Å². The van der Waals surface area contributed by atoms with Gasteiger partial charge in [-0.05, 0) is 25.1 Å². The molecule has 1 amide bonds. The van der Waals surface area contributed by atoms with Gasteiger partial charge in [-0.1, -0.05) is 27.2 Å². The lowest BCUT2D eigenvalue weighted by molar-refractivity contribution is -0.137. The predicted molar refractivity (Wildman–Crippen MR) is 90.5 cm³/mol. The minimum Gasteiger partial charge on any atom is -0.493 e. The Bertz CT molecular complexity index is 713. The summed E-state index contributed by atoms with van der Waals surface area (Å²) in [6.07, 6.45) is 1.44. The maximum atomic E-state index is 12.1. The van der Waals surface area contributed by atoms with E-state index in [1.165, 1.54) is 0 Å². The highest BCUT2D eigenvalue weighted by molar-refractivity contribution is 9.10. The molecule has 1 aromatic carbocycles. The number of aliphatic hydroxyl groups excluding tert-OH is 1. The SMILES string of the molecule is CC(O)c1cn(C2CN(C(=O)CCOc3cccc(Br)c3)C2)nn1. The number of aliphatic hydroxyl groups is 1. The van der Waals surface area contributed by atoms with Gasteiger partial charge in [0, 0.05) is 17.6 Å². The van der Waals surface area contributed by atoms with Crippen molar-refractivity contribution in [2.45, 2.75) is 25.5 Å². The second-order valence-corrected chi connectivity index (χ2v) is 6.72. The van der Waals surface area contributed by atoms with E-state index in [4.69, 9.17) is 4.74 Å².